The second-order valence-electron chi connectivity index (χ2n) is 7.70. The monoisotopic (exact) mass is 474 g/mol. The Balaban J connectivity index is 1.82. The van der Waals surface area contributed by atoms with Crippen LogP contribution in [0.4, 0.5) is 13.2 Å². The SMILES string of the molecule is CCOC(=O)C(C)(Oc1cccc(C(F)(F)F)c1)C(O)c1ccc(OCc2ccccc2)cc1. The molecule has 0 aliphatic carbocycles. The Bertz CT molecular complexity index is 1080. The van der Waals surface area contributed by atoms with Crippen LogP contribution in [0.15, 0.2) is 78.9 Å². The molecule has 1 N–H and O–H groups in total. The van der Waals surface area contributed by atoms with Gasteiger partial charge in [0.15, 0.2) is 0 Å². The van der Waals surface area contributed by atoms with Crippen molar-refractivity contribution in [2.75, 3.05) is 6.61 Å². The van der Waals surface area contributed by atoms with E-state index in [9.17, 15) is 23.1 Å². The van der Waals surface area contributed by atoms with Gasteiger partial charge in [-0.25, -0.2) is 4.79 Å². The molecule has 0 saturated heterocycles. The van der Waals surface area contributed by atoms with Crippen molar-refractivity contribution < 1.29 is 37.3 Å². The van der Waals surface area contributed by atoms with E-state index in [1.807, 2.05) is 30.3 Å². The fraction of sp³-hybridized carbons (Fsp3) is 0.269. The summed E-state index contributed by atoms with van der Waals surface area (Å²) >= 11 is 0. The van der Waals surface area contributed by atoms with Gasteiger partial charge in [0.1, 0.15) is 24.2 Å². The number of hydrogen-bond donors (Lipinski definition) is 1. The van der Waals surface area contributed by atoms with Crippen LogP contribution in [-0.2, 0) is 22.3 Å². The Kier molecular flexibility index (Phi) is 7.83. The number of aliphatic hydroxyl groups is 1. The lowest BCUT2D eigenvalue weighted by atomic mass is 9.92. The molecule has 3 aromatic rings. The van der Waals surface area contributed by atoms with Gasteiger partial charge in [-0.15, -0.1) is 0 Å². The molecule has 3 rings (SSSR count). The molecular formula is C26H25F3O5. The molecule has 0 aliphatic rings. The Morgan fingerprint density at radius 2 is 1.62 bits per heavy atom. The quantitative estimate of drug-likeness (QED) is 0.402. The Morgan fingerprint density at radius 3 is 2.24 bits per heavy atom. The van der Waals surface area contributed by atoms with E-state index < -0.39 is 29.4 Å². The summed E-state index contributed by atoms with van der Waals surface area (Å²) in [5.41, 5.74) is -1.66. The molecule has 0 spiro atoms. The van der Waals surface area contributed by atoms with Crippen LogP contribution >= 0.6 is 0 Å². The molecule has 0 fully saturated rings. The highest BCUT2D eigenvalue weighted by Crippen LogP contribution is 2.36. The molecule has 0 aromatic heterocycles. The third kappa shape index (κ3) is 6.08. The maximum Gasteiger partial charge on any atom is 0.416 e. The summed E-state index contributed by atoms with van der Waals surface area (Å²) in [7, 11) is 0. The van der Waals surface area contributed by atoms with Crippen molar-refractivity contribution >= 4 is 5.97 Å². The lowest BCUT2D eigenvalue weighted by molar-refractivity contribution is -0.171. The maximum absolute atomic E-state index is 13.1. The fourth-order valence-electron chi connectivity index (χ4n) is 3.27. The molecular weight excluding hydrogens is 449 g/mol. The van der Waals surface area contributed by atoms with Gasteiger partial charge >= 0.3 is 12.1 Å². The topological polar surface area (TPSA) is 65.0 Å². The van der Waals surface area contributed by atoms with E-state index in [1.165, 1.54) is 13.0 Å². The molecule has 2 unspecified atom stereocenters. The van der Waals surface area contributed by atoms with Crippen molar-refractivity contribution in [3.05, 3.63) is 95.6 Å². The van der Waals surface area contributed by atoms with Gasteiger partial charge in [-0.2, -0.15) is 13.2 Å². The van der Waals surface area contributed by atoms with E-state index in [0.29, 0.717) is 17.9 Å². The molecule has 0 heterocycles. The van der Waals surface area contributed by atoms with Gasteiger partial charge in [-0.1, -0.05) is 48.5 Å². The van der Waals surface area contributed by atoms with Crippen molar-refractivity contribution in [2.45, 2.75) is 38.3 Å². The van der Waals surface area contributed by atoms with Gasteiger partial charge < -0.3 is 19.3 Å². The zero-order chi connectivity index (χ0) is 24.8. The van der Waals surface area contributed by atoms with Crippen LogP contribution in [0, 0.1) is 0 Å². The van der Waals surface area contributed by atoms with E-state index in [1.54, 1.807) is 31.2 Å². The minimum Gasteiger partial charge on any atom is -0.489 e. The first-order chi connectivity index (χ1) is 16.1. The van der Waals surface area contributed by atoms with Gasteiger partial charge in [0.05, 0.1) is 12.2 Å². The van der Waals surface area contributed by atoms with E-state index >= 15 is 0 Å². The summed E-state index contributed by atoms with van der Waals surface area (Å²) in [5.74, 6) is -0.604. The number of benzene rings is 3. The minimum absolute atomic E-state index is 0.000637. The first-order valence-corrected chi connectivity index (χ1v) is 10.6. The Hall–Kier alpha value is -3.52. The molecule has 3 aromatic carbocycles. The van der Waals surface area contributed by atoms with Gasteiger partial charge in [0, 0.05) is 0 Å². The summed E-state index contributed by atoms with van der Waals surface area (Å²) in [6.45, 7) is 3.20. The number of carbonyl (C=O) groups excluding carboxylic acids is 1. The van der Waals surface area contributed by atoms with Crippen molar-refractivity contribution in [3.63, 3.8) is 0 Å². The average molecular weight is 474 g/mol. The first-order valence-electron chi connectivity index (χ1n) is 10.6. The van der Waals surface area contributed by atoms with Crippen LogP contribution in [0.2, 0.25) is 0 Å². The van der Waals surface area contributed by atoms with E-state index in [0.717, 1.165) is 23.8 Å². The Labute approximate surface area is 195 Å². The highest BCUT2D eigenvalue weighted by atomic mass is 19.4. The fourth-order valence-corrected chi connectivity index (χ4v) is 3.27. The summed E-state index contributed by atoms with van der Waals surface area (Å²) < 4.78 is 55.7. The van der Waals surface area contributed by atoms with Gasteiger partial charge in [0.25, 0.3) is 0 Å². The van der Waals surface area contributed by atoms with E-state index in [-0.39, 0.29) is 12.4 Å². The van der Waals surface area contributed by atoms with Crippen LogP contribution in [-0.4, -0.2) is 23.3 Å². The van der Waals surface area contributed by atoms with Gasteiger partial charge in [0.2, 0.25) is 5.60 Å². The second-order valence-corrected chi connectivity index (χ2v) is 7.70. The van der Waals surface area contributed by atoms with Crippen molar-refractivity contribution in [1.29, 1.82) is 0 Å². The van der Waals surface area contributed by atoms with Crippen molar-refractivity contribution in [3.8, 4) is 11.5 Å². The van der Waals surface area contributed by atoms with Crippen LogP contribution in [0.25, 0.3) is 0 Å². The zero-order valence-corrected chi connectivity index (χ0v) is 18.7. The minimum atomic E-state index is -4.59. The largest absolute Gasteiger partial charge is 0.489 e. The predicted octanol–water partition coefficient (Wildman–Crippen LogP) is 5.72. The van der Waals surface area contributed by atoms with Crippen molar-refractivity contribution in [2.24, 2.45) is 0 Å². The first kappa shape index (κ1) is 25.1. The number of ether oxygens (including phenoxy) is 3. The average Bonchev–Trinajstić information content (AvgIpc) is 2.83. The third-order valence-corrected chi connectivity index (χ3v) is 5.14. The molecule has 8 heteroatoms. The molecule has 0 bridgehead atoms. The van der Waals surface area contributed by atoms with Crippen LogP contribution < -0.4 is 9.47 Å². The summed E-state index contributed by atoms with van der Waals surface area (Å²) in [6, 6.07) is 20.0. The van der Waals surface area contributed by atoms with E-state index in [4.69, 9.17) is 14.2 Å². The molecule has 0 radical (unpaired) electrons. The number of alkyl halides is 3. The molecule has 180 valence electrons. The number of hydrogen-bond acceptors (Lipinski definition) is 5. The number of carbonyl (C=O) groups is 1. The molecule has 0 amide bonds. The molecule has 2 atom stereocenters. The molecule has 34 heavy (non-hydrogen) atoms. The summed E-state index contributed by atoms with van der Waals surface area (Å²) in [4.78, 5) is 12.7. The highest BCUT2D eigenvalue weighted by Gasteiger charge is 2.46. The number of aliphatic hydroxyl groups excluding tert-OH is 1. The van der Waals surface area contributed by atoms with Crippen molar-refractivity contribution in [1.82, 2.24) is 0 Å². The standard InChI is InChI=1S/C26H25F3O5/c1-3-32-24(31)25(2,34-22-11-7-10-20(16-22)26(27,28)29)23(30)19-12-14-21(15-13-19)33-17-18-8-5-4-6-9-18/h4-16,23,30H,3,17H2,1-2H3. The lowest BCUT2D eigenvalue weighted by Crippen LogP contribution is -2.48. The zero-order valence-electron chi connectivity index (χ0n) is 18.7. The smallest absolute Gasteiger partial charge is 0.416 e. The number of esters is 1. The third-order valence-electron chi connectivity index (χ3n) is 5.14. The summed E-state index contributed by atoms with van der Waals surface area (Å²) in [6.07, 6.45) is -6.13. The highest BCUT2D eigenvalue weighted by molar-refractivity contribution is 5.80. The lowest BCUT2D eigenvalue weighted by Gasteiger charge is -2.33. The van der Waals surface area contributed by atoms with Crippen LogP contribution in [0.1, 0.15) is 36.6 Å². The normalized spacial score (nSPS) is 14.1. The number of halogens is 3. The summed E-state index contributed by atoms with van der Waals surface area (Å²) in [5, 5.41) is 11.0. The molecule has 5 nitrogen and oxygen atoms in total. The van der Waals surface area contributed by atoms with Crippen LogP contribution in [0.5, 0.6) is 11.5 Å². The second kappa shape index (κ2) is 10.6. The Morgan fingerprint density at radius 1 is 0.941 bits per heavy atom. The molecule has 0 saturated carbocycles. The molecule has 0 aliphatic heterocycles. The predicted molar refractivity (Wildman–Crippen MR) is 119 cm³/mol. The van der Waals surface area contributed by atoms with E-state index in [2.05, 4.69) is 0 Å². The van der Waals surface area contributed by atoms with Gasteiger partial charge in [-0.05, 0) is 55.3 Å². The van der Waals surface area contributed by atoms with Gasteiger partial charge in [-0.3, -0.25) is 0 Å². The number of rotatable bonds is 9. The maximum atomic E-state index is 13.1. The van der Waals surface area contributed by atoms with Crippen LogP contribution in [0.3, 0.4) is 0 Å².